The highest BCUT2D eigenvalue weighted by Gasteiger charge is 2.36. The Morgan fingerprint density at radius 1 is 1.73 bits per heavy atom. The van der Waals surface area contributed by atoms with Gasteiger partial charge in [-0.2, -0.15) is 4.99 Å². The molecule has 5 heteroatoms. The van der Waals surface area contributed by atoms with Crippen molar-refractivity contribution in [3.05, 3.63) is 12.2 Å². The molecular weight excluding hydrogens is 198 g/mol. The van der Waals surface area contributed by atoms with Crippen molar-refractivity contribution in [2.45, 2.75) is 26.4 Å². The first-order valence-electron chi connectivity index (χ1n) is 4.69. The summed E-state index contributed by atoms with van der Waals surface area (Å²) in [4.78, 5) is 25.2. The topological polar surface area (TPSA) is 76.0 Å². The highest BCUT2D eigenvalue weighted by Crippen LogP contribution is 2.18. The van der Waals surface area contributed by atoms with E-state index in [9.17, 15) is 9.59 Å². The molecule has 0 aromatic heterocycles. The minimum Gasteiger partial charge on any atom is -0.478 e. The Hall–Kier alpha value is -1.65. The lowest BCUT2D eigenvalue weighted by atomic mass is 9.97. The fourth-order valence-electron chi connectivity index (χ4n) is 1.36. The molecule has 1 amide bonds. The summed E-state index contributed by atoms with van der Waals surface area (Å²) in [7, 11) is 0. The monoisotopic (exact) mass is 211 g/mol. The van der Waals surface area contributed by atoms with E-state index in [0.29, 0.717) is 12.1 Å². The molecule has 1 heterocycles. The quantitative estimate of drug-likeness (QED) is 0.717. The van der Waals surface area contributed by atoms with Crippen molar-refractivity contribution in [2.75, 3.05) is 0 Å². The van der Waals surface area contributed by atoms with Crippen molar-refractivity contribution in [2.24, 2.45) is 10.9 Å². The van der Waals surface area contributed by atoms with Gasteiger partial charge < -0.3 is 9.84 Å². The summed E-state index contributed by atoms with van der Waals surface area (Å²) in [6, 6.07) is 0. The molecule has 5 nitrogen and oxygen atoms in total. The molecule has 82 valence electrons. The molecule has 0 saturated carbocycles. The zero-order chi connectivity index (χ0) is 11.4. The maximum absolute atomic E-state index is 10.9. The maximum atomic E-state index is 10.9. The zero-order valence-electron chi connectivity index (χ0n) is 8.64. The summed E-state index contributed by atoms with van der Waals surface area (Å²) in [5.74, 6) is -1.28. The first-order chi connectivity index (χ1) is 7.06. The number of carboxylic acid groups (broad SMARTS) is 1. The molecule has 15 heavy (non-hydrogen) atoms. The fraction of sp³-hybridized carbons (Fsp3) is 0.500. The number of allylic oxidation sites excluding steroid dienone is 2. The summed E-state index contributed by atoms with van der Waals surface area (Å²) in [6.45, 7) is 3.69. The van der Waals surface area contributed by atoms with Crippen molar-refractivity contribution in [3.63, 3.8) is 0 Å². The van der Waals surface area contributed by atoms with Gasteiger partial charge >= 0.3 is 12.1 Å². The van der Waals surface area contributed by atoms with Crippen LogP contribution in [0.25, 0.3) is 0 Å². The molecule has 1 N–H and O–H groups in total. The third kappa shape index (κ3) is 2.65. The summed E-state index contributed by atoms with van der Waals surface area (Å²) in [6.07, 6.45) is 2.39. The molecule has 1 aliphatic heterocycles. The van der Waals surface area contributed by atoms with Gasteiger partial charge in [0, 0.05) is 5.92 Å². The van der Waals surface area contributed by atoms with Crippen molar-refractivity contribution in [1.29, 1.82) is 0 Å². The van der Waals surface area contributed by atoms with E-state index in [-0.39, 0.29) is 5.92 Å². The number of ether oxygens (including phenoxy) is 1. The Kier molecular flexibility index (Phi) is 3.60. The van der Waals surface area contributed by atoms with Gasteiger partial charge in [0.1, 0.15) is 0 Å². The predicted molar refractivity (Wildman–Crippen MR) is 53.9 cm³/mol. The van der Waals surface area contributed by atoms with Crippen LogP contribution in [0.5, 0.6) is 0 Å². The number of aliphatic imine (C=N–C) groups is 1. The molecule has 0 spiro atoms. The van der Waals surface area contributed by atoms with Gasteiger partial charge in [0.2, 0.25) is 6.10 Å². The molecule has 0 aromatic carbocycles. The van der Waals surface area contributed by atoms with E-state index >= 15 is 0 Å². The van der Waals surface area contributed by atoms with Crippen LogP contribution >= 0.6 is 0 Å². The van der Waals surface area contributed by atoms with Crippen LogP contribution in [-0.2, 0) is 9.53 Å². The molecule has 1 aliphatic rings. The number of nitrogens with zero attached hydrogens (tertiary/aromatic N) is 1. The Morgan fingerprint density at radius 3 is 2.93 bits per heavy atom. The molecule has 0 saturated heterocycles. The largest absolute Gasteiger partial charge is 0.478 e. The molecule has 0 aromatic rings. The Balaban J connectivity index is 2.77. The van der Waals surface area contributed by atoms with Gasteiger partial charge in [-0.1, -0.05) is 19.1 Å². The smallest absolute Gasteiger partial charge is 0.434 e. The van der Waals surface area contributed by atoms with Gasteiger partial charge in [-0.3, -0.25) is 0 Å². The van der Waals surface area contributed by atoms with Gasteiger partial charge in [0.05, 0.1) is 5.71 Å². The summed E-state index contributed by atoms with van der Waals surface area (Å²) < 4.78 is 4.57. The van der Waals surface area contributed by atoms with E-state index in [2.05, 4.69) is 9.73 Å². The van der Waals surface area contributed by atoms with Crippen molar-refractivity contribution < 1.29 is 19.4 Å². The van der Waals surface area contributed by atoms with E-state index in [1.165, 1.54) is 0 Å². The predicted octanol–water partition coefficient (Wildman–Crippen LogP) is 1.63. The van der Waals surface area contributed by atoms with Gasteiger partial charge in [-0.15, -0.1) is 0 Å². The Morgan fingerprint density at radius 2 is 2.40 bits per heavy atom. The number of carbonyl (C=O) groups excluding carboxylic acids is 1. The van der Waals surface area contributed by atoms with E-state index in [0.717, 1.165) is 0 Å². The summed E-state index contributed by atoms with van der Waals surface area (Å²) >= 11 is 0. The number of amides is 1. The second-order valence-corrected chi connectivity index (χ2v) is 3.34. The summed E-state index contributed by atoms with van der Waals surface area (Å²) in [5, 5.41) is 8.80. The zero-order valence-corrected chi connectivity index (χ0v) is 8.64. The van der Waals surface area contributed by atoms with Crippen LogP contribution in [0.3, 0.4) is 0 Å². The van der Waals surface area contributed by atoms with Gasteiger partial charge in [-0.25, -0.2) is 9.59 Å². The minimum atomic E-state index is -1.21. The van der Waals surface area contributed by atoms with Crippen LogP contribution in [0.15, 0.2) is 17.1 Å². The molecule has 0 unspecified atom stereocenters. The van der Waals surface area contributed by atoms with E-state index in [4.69, 9.17) is 5.11 Å². The van der Waals surface area contributed by atoms with E-state index in [1.807, 2.05) is 26.0 Å². The maximum Gasteiger partial charge on any atom is 0.434 e. The van der Waals surface area contributed by atoms with Crippen molar-refractivity contribution in [1.82, 2.24) is 0 Å². The Bertz CT molecular complexity index is 332. The van der Waals surface area contributed by atoms with Gasteiger partial charge in [0.25, 0.3) is 0 Å². The van der Waals surface area contributed by atoms with Crippen molar-refractivity contribution >= 4 is 17.8 Å². The number of cyclic esters (lactones) is 1. The number of hydrogen-bond acceptors (Lipinski definition) is 3. The SMILES string of the molecule is C/C=C/C[C@H](C)C1=NC(=O)O[C@H]1C(=O)O. The average molecular weight is 211 g/mol. The molecule has 0 fully saturated rings. The molecule has 1 rings (SSSR count). The summed E-state index contributed by atoms with van der Waals surface area (Å²) in [5.41, 5.74) is 0.297. The van der Waals surface area contributed by atoms with Crippen LogP contribution in [0.2, 0.25) is 0 Å². The molecule has 0 radical (unpaired) electrons. The van der Waals surface area contributed by atoms with Crippen molar-refractivity contribution in [3.8, 4) is 0 Å². The molecule has 0 aliphatic carbocycles. The number of rotatable bonds is 4. The lowest BCUT2D eigenvalue weighted by Crippen LogP contribution is -2.32. The molecule has 0 bridgehead atoms. The van der Waals surface area contributed by atoms with Crippen LogP contribution in [0.4, 0.5) is 4.79 Å². The normalized spacial score (nSPS) is 22.7. The van der Waals surface area contributed by atoms with Crippen LogP contribution in [0.1, 0.15) is 20.3 Å². The first-order valence-corrected chi connectivity index (χ1v) is 4.69. The van der Waals surface area contributed by atoms with Crippen LogP contribution in [-0.4, -0.2) is 29.0 Å². The molecular formula is C10H13NO4. The van der Waals surface area contributed by atoms with E-state index in [1.54, 1.807) is 0 Å². The van der Waals surface area contributed by atoms with Gasteiger partial charge in [0.15, 0.2) is 0 Å². The highest BCUT2D eigenvalue weighted by molar-refractivity contribution is 6.13. The standard InChI is InChI=1S/C10H13NO4/c1-3-4-5-6(2)7-8(9(12)13)15-10(14)11-7/h3-4,6,8H,5H2,1-2H3,(H,12,13)/b4-3+/t6-,8+/m0/s1. The highest BCUT2D eigenvalue weighted by atomic mass is 16.6. The fourth-order valence-corrected chi connectivity index (χ4v) is 1.36. The first kappa shape index (κ1) is 11.4. The minimum absolute atomic E-state index is 0.103. The second-order valence-electron chi connectivity index (χ2n) is 3.34. The lowest BCUT2D eigenvalue weighted by Gasteiger charge is -2.12. The number of aliphatic carboxylic acids is 1. The number of carboxylic acids is 1. The van der Waals surface area contributed by atoms with E-state index < -0.39 is 18.2 Å². The third-order valence-electron chi connectivity index (χ3n) is 2.16. The Labute approximate surface area is 87.5 Å². The molecule has 2 atom stereocenters. The third-order valence-corrected chi connectivity index (χ3v) is 2.16. The van der Waals surface area contributed by atoms with Crippen LogP contribution in [0, 0.1) is 5.92 Å². The number of carbonyl (C=O) groups is 2. The van der Waals surface area contributed by atoms with Crippen LogP contribution < -0.4 is 0 Å². The second kappa shape index (κ2) is 4.72. The number of hydrogen-bond donors (Lipinski definition) is 1. The average Bonchev–Trinajstić information content (AvgIpc) is 2.57. The van der Waals surface area contributed by atoms with Gasteiger partial charge in [-0.05, 0) is 13.3 Å². The lowest BCUT2D eigenvalue weighted by molar-refractivity contribution is -0.142.